The third kappa shape index (κ3) is 3.07. The SMILES string of the molecule is Cc1cc(C(C)NC(=O)Cn2c(=O)[nH]c3ccccc32)c(C)s1. The number of para-hydroxylation sites is 2. The predicted octanol–water partition coefficient (Wildman–Crippen LogP) is 2.89. The van der Waals surface area contributed by atoms with Crippen molar-refractivity contribution >= 4 is 28.3 Å². The number of benzene rings is 1. The Kier molecular flexibility index (Phi) is 4.09. The van der Waals surface area contributed by atoms with E-state index in [2.05, 4.69) is 30.2 Å². The van der Waals surface area contributed by atoms with Crippen molar-refractivity contribution in [1.82, 2.24) is 14.9 Å². The number of thiophene rings is 1. The van der Waals surface area contributed by atoms with Crippen LogP contribution in [-0.4, -0.2) is 15.5 Å². The first-order valence-electron chi connectivity index (χ1n) is 7.49. The molecule has 5 nitrogen and oxygen atoms in total. The van der Waals surface area contributed by atoms with Crippen LogP contribution >= 0.6 is 11.3 Å². The molecule has 0 aliphatic carbocycles. The molecule has 0 radical (unpaired) electrons. The Morgan fingerprint density at radius 1 is 1.35 bits per heavy atom. The van der Waals surface area contributed by atoms with Crippen molar-refractivity contribution in [3.63, 3.8) is 0 Å². The number of aromatic nitrogens is 2. The molecule has 1 aromatic carbocycles. The number of hydrogen-bond acceptors (Lipinski definition) is 3. The van der Waals surface area contributed by atoms with E-state index in [4.69, 9.17) is 0 Å². The van der Waals surface area contributed by atoms with E-state index in [0.717, 1.165) is 16.6 Å². The zero-order valence-electron chi connectivity index (χ0n) is 13.3. The Morgan fingerprint density at radius 2 is 2.09 bits per heavy atom. The molecule has 2 heterocycles. The molecular weight excluding hydrogens is 310 g/mol. The fourth-order valence-electron chi connectivity index (χ4n) is 2.85. The smallest absolute Gasteiger partial charge is 0.326 e. The van der Waals surface area contributed by atoms with Gasteiger partial charge in [-0.25, -0.2) is 4.79 Å². The zero-order valence-corrected chi connectivity index (χ0v) is 14.2. The molecule has 0 aliphatic heterocycles. The normalized spacial score (nSPS) is 12.5. The largest absolute Gasteiger partial charge is 0.348 e. The number of carbonyl (C=O) groups is 1. The fraction of sp³-hybridized carbons (Fsp3) is 0.294. The topological polar surface area (TPSA) is 66.9 Å². The van der Waals surface area contributed by atoms with E-state index in [9.17, 15) is 9.59 Å². The summed E-state index contributed by atoms with van der Waals surface area (Å²) in [5.74, 6) is -0.174. The molecule has 0 spiro atoms. The van der Waals surface area contributed by atoms with Crippen LogP contribution in [0.1, 0.15) is 28.3 Å². The van der Waals surface area contributed by atoms with Crippen molar-refractivity contribution in [2.24, 2.45) is 0 Å². The van der Waals surface area contributed by atoms with E-state index in [-0.39, 0.29) is 24.2 Å². The highest BCUT2D eigenvalue weighted by atomic mass is 32.1. The van der Waals surface area contributed by atoms with Crippen LogP contribution in [0.4, 0.5) is 0 Å². The fourth-order valence-corrected chi connectivity index (χ4v) is 3.88. The van der Waals surface area contributed by atoms with Crippen molar-refractivity contribution in [2.75, 3.05) is 0 Å². The second-order valence-electron chi connectivity index (χ2n) is 5.69. The van der Waals surface area contributed by atoms with Crippen LogP contribution in [0.5, 0.6) is 0 Å². The van der Waals surface area contributed by atoms with Crippen LogP contribution in [0.25, 0.3) is 11.0 Å². The van der Waals surface area contributed by atoms with Gasteiger partial charge in [-0.1, -0.05) is 12.1 Å². The molecule has 6 heteroatoms. The highest BCUT2D eigenvalue weighted by Crippen LogP contribution is 2.26. The molecule has 2 N–H and O–H groups in total. The summed E-state index contributed by atoms with van der Waals surface area (Å²) in [4.78, 5) is 29.5. The first-order valence-corrected chi connectivity index (χ1v) is 8.31. The summed E-state index contributed by atoms with van der Waals surface area (Å²) in [6, 6.07) is 9.38. The van der Waals surface area contributed by atoms with Gasteiger partial charge in [0.05, 0.1) is 17.1 Å². The lowest BCUT2D eigenvalue weighted by atomic mass is 10.1. The van der Waals surface area contributed by atoms with Crippen molar-refractivity contribution in [3.05, 3.63) is 56.1 Å². The lowest BCUT2D eigenvalue weighted by Gasteiger charge is -2.14. The average molecular weight is 329 g/mol. The molecule has 3 rings (SSSR count). The summed E-state index contributed by atoms with van der Waals surface area (Å²) in [5.41, 5.74) is 2.34. The Morgan fingerprint density at radius 3 is 2.78 bits per heavy atom. The third-order valence-electron chi connectivity index (χ3n) is 3.91. The van der Waals surface area contributed by atoms with Gasteiger partial charge in [-0.15, -0.1) is 11.3 Å². The standard InChI is InChI=1S/C17H19N3O2S/c1-10-8-13(12(3)23-10)11(2)18-16(21)9-20-15-7-5-4-6-14(15)19-17(20)22/h4-8,11H,9H2,1-3H3,(H,18,21)(H,19,22). The van der Waals surface area contributed by atoms with E-state index >= 15 is 0 Å². The number of fused-ring (bicyclic) bond motifs is 1. The van der Waals surface area contributed by atoms with Gasteiger partial charge in [-0.2, -0.15) is 0 Å². The zero-order chi connectivity index (χ0) is 16.6. The lowest BCUT2D eigenvalue weighted by Crippen LogP contribution is -2.33. The lowest BCUT2D eigenvalue weighted by molar-refractivity contribution is -0.122. The molecule has 0 aliphatic rings. The number of H-pyrrole nitrogens is 1. The van der Waals surface area contributed by atoms with Crippen molar-refractivity contribution in [1.29, 1.82) is 0 Å². The first kappa shape index (κ1) is 15.6. The maximum absolute atomic E-state index is 12.3. The second-order valence-corrected chi connectivity index (χ2v) is 7.15. The minimum absolute atomic E-state index is 0.00928. The number of aryl methyl sites for hydroxylation is 2. The molecule has 1 atom stereocenters. The minimum Gasteiger partial charge on any atom is -0.348 e. The molecule has 23 heavy (non-hydrogen) atoms. The minimum atomic E-state index is -0.267. The number of nitrogens with one attached hydrogen (secondary N) is 2. The molecule has 0 saturated heterocycles. The van der Waals surface area contributed by atoms with Crippen molar-refractivity contribution in [2.45, 2.75) is 33.4 Å². The van der Waals surface area contributed by atoms with Gasteiger partial charge in [0.15, 0.2) is 0 Å². The summed E-state index contributed by atoms with van der Waals surface area (Å²) < 4.78 is 1.46. The van der Waals surface area contributed by atoms with E-state index in [1.165, 1.54) is 14.3 Å². The summed E-state index contributed by atoms with van der Waals surface area (Å²) in [6.45, 7) is 6.08. The molecule has 120 valence electrons. The molecule has 0 bridgehead atoms. The van der Waals surface area contributed by atoms with E-state index in [1.807, 2.05) is 31.2 Å². The highest BCUT2D eigenvalue weighted by molar-refractivity contribution is 7.12. The Balaban J connectivity index is 1.77. The second kappa shape index (κ2) is 6.04. The molecule has 1 unspecified atom stereocenters. The van der Waals surface area contributed by atoms with Crippen LogP contribution in [-0.2, 0) is 11.3 Å². The Hall–Kier alpha value is -2.34. The summed E-state index contributed by atoms with van der Waals surface area (Å²) in [5, 5.41) is 2.97. The molecule has 0 fully saturated rings. The number of carbonyl (C=O) groups excluding carboxylic acids is 1. The predicted molar refractivity (Wildman–Crippen MR) is 92.9 cm³/mol. The van der Waals surface area contributed by atoms with E-state index in [1.54, 1.807) is 11.3 Å². The summed E-state index contributed by atoms with van der Waals surface area (Å²) in [6.07, 6.45) is 0. The summed E-state index contributed by atoms with van der Waals surface area (Å²) >= 11 is 1.72. The maximum atomic E-state index is 12.3. The van der Waals surface area contributed by atoms with Crippen LogP contribution in [0.2, 0.25) is 0 Å². The van der Waals surface area contributed by atoms with Crippen molar-refractivity contribution in [3.8, 4) is 0 Å². The quantitative estimate of drug-likeness (QED) is 0.773. The maximum Gasteiger partial charge on any atom is 0.326 e. The molecule has 1 amide bonds. The number of aromatic amines is 1. The molecule has 0 saturated carbocycles. The third-order valence-corrected chi connectivity index (χ3v) is 4.89. The monoisotopic (exact) mass is 329 g/mol. The van der Waals surface area contributed by atoms with Gasteiger partial charge in [-0.3, -0.25) is 9.36 Å². The van der Waals surface area contributed by atoms with Crippen molar-refractivity contribution < 1.29 is 4.79 Å². The average Bonchev–Trinajstić information content (AvgIpc) is 2.99. The number of nitrogens with zero attached hydrogens (tertiary/aromatic N) is 1. The van der Waals surface area contributed by atoms with Gasteiger partial charge in [0.1, 0.15) is 6.54 Å². The van der Waals surface area contributed by atoms with Crippen LogP contribution in [0, 0.1) is 13.8 Å². The van der Waals surface area contributed by atoms with Crippen LogP contribution in [0.3, 0.4) is 0 Å². The van der Waals surface area contributed by atoms with Crippen LogP contribution in [0.15, 0.2) is 35.1 Å². The van der Waals surface area contributed by atoms with Gasteiger partial charge in [0.2, 0.25) is 5.91 Å². The van der Waals surface area contributed by atoms with E-state index in [0.29, 0.717) is 0 Å². The molecule has 2 aromatic heterocycles. The number of amides is 1. The van der Waals surface area contributed by atoms with Gasteiger partial charge >= 0.3 is 5.69 Å². The summed E-state index contributed by atoms with van der Waals surface area (Å²) in [7, 11) is 0. The number of rotatable bonds is 4. The van der Waals surface area contributed by atoms with Gasteiger partial charge in [0.25, 0.3) is 0 Å². The van der Waals surface area contributed by atoms with Gasteiger partial charge in [-0.05, 0) is 44.5 Å². The molecular formula is C17H19N3O2S. The highest BCUT2D eigenvalue weighted by Gasteiger charge is 2.16. The molecule has 3 aromatic rings. The first-order chi connectivity index (χ1) is 11.0. The Labute approximate surface area is 138 Å². The Bertz CT molecular complexity index is 919. The van der Waals surface area contributed by atoms with Gasteiger partial charge < -0.3 is 10.3 Å². The van der Waals surface area contributed by atoms with Gasteiger partial charge in [0, 0.05) is 9.75 Å². The number of imidazole rings is 1. The van der Waals surface area contributed by atoms with Crippen LogP contribution < -0.4 is 11.0 Å². The number of hydrogen-bond donors (Lipinski definition) is 2. The van der Waals surface area contributed by atoms with E-state index < -0.39 is 0 Å².